The first-order valence-corrected chi connectivity index (χ1v) is 6.80. The molecule has 0 bridgehead atoms. The van der Waals surface area contributed by atoms with Crippen molar-refractivity contribution in [2.45, 2.75) is 34.6 Å². The van der Waals surface area contributed by atoms with E-state index in [0.29, 0.717) is 6.54 Å². The lowest BCUT2D eigenvalue weighted by molar-refractivity contribution is -0.125. The smallest absolute Gasteiger partial charge is 0.277 e. The molecule has 0 amide bonds. The molecule has 6 heteroatoms. The van der Waals surface area contributed by atoms with Gasteiger partial charge in [0.15, 0.2) is 5.78 Å². The Kier molecular flexibility index (Phi) is 5.58. The molecule has 0 rings (SSSR count). The molecular weight excluding hydrogens is 228 g/mol. The van der Waals surface area contributed by atoms with Gasteiger partial charge >= 0.3 is 0 Å². The summed E-state index contributed by atoms with van der Waals surface area (Å²) < 4.78 is 27.4. The van der Waals surface area contributed by atoms with Gasteiger partial charge in [-0.3, -0.25) is 4.79 Å². The second-order valence-corrected chi connectivity index (χ2v) is 6.82. The molecular formula is C10H22N2O3S. The Morgan fingerprint density at radius 1 is 1.19 bits per heavy atom. The average molecular weight is 250 g/mol. The Morgan fingerprint density at radius 2 is 1.69 bits per heavy atom. The minimum absolute atomic E-state index is 0.137. The number of Topliss-reactive ketones (excluding diaryl/α,β-unsaturated/α-hetero) is 1. The van der Waals surface area contributed by atoms with Gasteiger partial charge in [-0.05, 0) is 5.92 Å². The molecule has 2 N–H and O–H groups in total. The van der Waals surface area contributed by atoms with Crippen LogP contribution in [-0.4, -0.2) is 27.3 Å². The predicted molar refractivity (Wildman–Crippen MR) is 64.2 cm³/mol. The number of ketones is 1. The maximum atomic E-state index is 11.5. The number of carbonyl (C=O) groups excluding carboxylic acids is 1. The second-order valence-electron chi connectivity index (χ2n) is 5.24. The summed E-state index contributed by atoms with van der Waals surface area (Å²) in [6.07, 6.45) is 0. The van der Waals surface area contributed by atoms with Gasteiger partial charge in [0, 0.05) is 12.0 Å². The van der Waals surface area contributed by atoms with Crippen molar-refractivity contribution >= 4 is 16.0 Å². The highest BCUT2D eigenvalue weighted by molar-refractivity contribution is 7.87. The first-order valence-electron chi connectivity index (χ1n) is 5.32. The fraction of sp³-hybridized carbons (Fsp3) is 0.900. The molecule has 16 heavy (non-hydrogen) atoms. The Hall–Kier alpha value is -0.460. The summed E-state index contributed by atoms with van der Waals surface area (Å²) in [5.41, 5.74) is -0.527. The minimum atomic E-state index is -3.55. The van der Waals surface area contributed by atoms with Gasteiger partial charge in [0.05, 0.1) is 6.54 Å². The van der Waals surface area contributed by atoms with Crippen molar-refractivity contribution in [1.82, 2.24) is 9.44 Å². The van der Waals surface area contributed by atoms with Gasteiger partial charge in [-0.25, -0.2) is 4.72 Å². The van der Waals surface area contributed by atoms with E-state index in [0.717, 1.165) is 0 Å². The number of hydrogen-bond donors (Lipinski definition) is 2. The van der Waals surface area contributed by atoms with E-state index < -0.39 is 15.6 Å². The molecule has 0 saturated carbocycles. The maximum Gasteiger partial charge on any atom is 0.277 e. The molecule has 0 fully saturated rings. The molecule has 0 unspecified atom stereocenters. The van der Waals surface area contributed by atoms with E-state index in [1.165, 1.54) is 0 Å². The summed E-state index contributed by atoms with van der Waals surface area (Å²) in [7, 11) is -3.55. The second kappa shape index (κ2) is 5.75. The highest BCUT2D eigenvalue weighted by atomic mass is 32.2. The van der Waals surface area contributed by atoms with Gasteiger partial charge in [-0.15, -0.1) is 0 Å². The van der Waals surface area contributed by atoms with Gasteiger partial charge in [0.2, 0.25) is 0 Å². The molecule has 5 nitrogen and oxygen atoms in total. The fourth-order valence-corrected chi connectivity index (χ4v) is 1.73. The van der Waals surface area contributed by atoms with Crippen molar-refractivity contribution in [3.63, 3.8) is 0 Å². The standard InChI is InChI=1S/C10H22N2O3S/c1-8(2)6-11-16(14,15)12-7-9(13)10(3,4)5/h8,11-12H,6-7H2,1-5H3. The van der Waals surface area contributed by atoms with Gasteiger partial charge in [-0.1, -0.05) is 34.6 Å². The van der Waals surface area contributed by atoms with Gasteiger partial charge in [-0.2, -0.15) is 13.1 Å². The Morgan fingerprint density at radius 3 is 2.06 bits per heavy atom. The van der Waals surface area contributed by atoms with Crippen LogP contribution in [0.2, 0.25) is 0 Å². The van der Waals surface area contributed by atoms with Crippen LogP contribution < -0.4 is 9.44 Å². The maximum absolute atomic E-state index is 11.5. The van der Waals surface area contributed by atoms with E-state index in [1.54, 1.807) is 20.8 Å². The molecule has 0 aromatic heterocycles. The SMILES string of the molecule is CC(C)CNS(=O)(=O)NCC(=O)C(C)(C)C. The summed E-state index contributed by atoms with van der Waals surface area (Å²) in [5, 5.41) is 0. The predicted octanol–water partition coefficient (Wildman–Crippen LogP) is 0.682. The molecule has 0 spiro atoms. The zero-order valence-electron chi connectivity index (χ0n) is 10.6. The van der Waals surface area contributed by atoms with Crippen LogP contribution >= 0.6 is 0 Å². The highest BCUT2D eigenvalue weighted by Gasteiger charge is 2.22. The van der Waals surface area contributed by atoms with Gasteiger partial charge in [0.1, 0.15) is 0 Å². The van der Waals surface area contributed by atoms with Gasteiger partial charge < -0.3 is 0 Å². The molecule has 0 aromatic rings. The molecule has 96 valence electrons. The minimum Gasteiger partial charge on any atom is -0.298 e. The highest BCUT2D eigenvalue weighted by Crippen LogP contribution is 2.13. The third kappa shape index (κ3) is 6.92. The molecule has 0 heterocycles. The third-order valence-electron chi connectivity index (χ3n) is 1.94. The molecule has 0 aliphatic heterocycles. The van der Waals surface area contributed by atoms with Crippen molar-refractivity contribution in [2.75, 3.05) is 13.1 Å². The topological polar surface area (TPSA) is 75.3 Å². The van der Waals surface area contributed by atoms with Crippen LogP contribution in [0.1, 0.15) is 34.6 Å². The average Bonchev–Trinajstić information content (AvgIpc) is 2.10. The third-order valence-corrected chi connectivity index (χ3v) is 3.01. The number of nitrogens with one attached hydrogen (secondary N) is 2. The fourth-order valence-electron chi connectivity index (χ4n) is 0.753. The molecule has 0 atom stereocenters. The summed E-state index contributed by atoms with van der Waals surface area (Å²) in [4.78, 5) is 11.5. The van der Waals surface area contributed by atoms with E-state index in [4.69, 9.17) is 0 Å². The van der Waals surface area contributed by atoms with E-state index in [1.807, 2.05) is 13.8 Å². The van der Waals surface area contributed by atoms with E-state index in [9.17, 15) is 13.2 Å². The normalized spacial score (nSPS) is 13.1. The summed E-state index contributed by atoms with van der Waals surface area (Å²) in [6.45, 7) is 9.27. The van der Waals surface area contributed by atoms with Crippen molar-refractivity contribution in [3.8, 4) is 0 Å². The monoisotopic (exact) mass is 250 g/mol. The van der Waals surface area contributed by atoms with Crippen molar-refractivity contribution < 1.29 is 13.2 Å². The molecule has 0 aromatic carbocycles. The first-order chi connectivity index (χ1) is 7.04. The number of hydrogen-bond acceptors (Lipinski definition) is 3. The summed E-state index contributed by atoms with van der Waals surface area (Å²) in [5.74, 6) is 0.0947. The van der Waals surface area contributed by atoms with Crippen LogP contribution in [0.4, 0.5) is 0 Å². The molecule has 0 aliphatic carbocycles. The van der Waals surface area contributed by atoms with E-state index in [2.05, 4.69) is 9.44 Å². The Bertz CT molecular complexity index is 328. The lowest BCUT2D eigenvalue weighted by atomic mass is 9.91. The summed E-state index contributed by atoms with van der Waals surface area (Å²) in [6, 6.07) is 0. The number of rotatable bonds is 6. The Labute approximate surface area is 98.2 Å². The van der Waals surface area contributed by atoms with Crippen LogP contribution in [0, 0.1) is 11.3 Å². The first kappa shape index (κ1) is 15.5. The quantitative estimate of drug-likeness (QED) is 0.728. The van der Waals surface area contributed by atoms with Crippen molar-refractivity contribution in [2.24, 2.45) is 11.3 Å². The lowest BCUT2D eigenvalue weighted by Gasteiger charge is -2.17. The molecule has 0 saturated heterocycles. The van der Waals surface area contributed by atoms with Crippen LogP contribution in [0.25, 0.3) is 0 Å². The number of carbonyl (C=O) groups is 1. The van der Waals surface area contributed by atoms with Crippen LogP contribution in [0.3, 0.4) is 0 Å². The van der Waals surface area contributed by atoms with Crippen LogP contribution in [-0.2, 0) is 15.0 Å². The molecule has 0 aliphatic rings. The van der Waals surface area contributed by atoms with Crippen molar-refractivity contribution in [3.05, 3.63) is 0 Å². The largest absolute Gasteiger partial charge is 0.298 e. The van der Waals surface area contributed by atoms with E-state index in [-0.39, 0.29) is 18.2 Å². The van der Waals surface area contributed by atoms with Gasteiger partial charge in [0.25, 0.3) is 10.2 Å². The zero-order chi connectivity index (χ0) is 13.0. The van der Waals surface area contributed by atoms with E-state index >= 15 is 0 Å². The molecule has 0 radical (unpaired) electrons. The van der Waals surface area contributed by atoms with Crippen LogP contribution in [0.5, 0.6) is 0 Å². The summed E-state index contributed by atoms with van der Waals surface area (Å²) >= 11 is 0. The zero-order valence-corrected chi connectivity index (χ0v) is 11.4. The van der Waals surface area contributed by atoms with Crippen LogP contribution in [0.15, 0.2) is 0 Å². The van der Waals surface area contributed by atoms with Crippen molar-refractivity contribution in [1.29, 1.82) is 0 Å². The lowest BCUT2D eigenvalue weighted by Crippen LogP contribution is -2.42. The Balaban J connectivity index is 4.15.